The number of ether oxygens (including phenoxy) is 1. The molecule has 0 saturated heterocycles. The van der Waals surface area contributed by atoms with Crippen molar-refractivity contribution in [2.45, 2.75) is 13.0 Å². The van der Waals surface area contributed by atoms with Gasteiger partial charge in [-0.3, -0.25) is 9.59 Å². The molecule has 102 valence electrons. The van der Waals surface area contributed by atoms with Gasteiger partial charge in [0.25, 0.3) is 5.91 Å². The maximum absolute atomic E-state index is 12.2. The Morgan fingerprint density at radius 3 is 2.05 bits per heavy atom. The molecule has 0 spiro atoms. The smallest absolute Gasteiger partial charge is 0.258 e. The number of carbonyl (C=O) groups excluding carboxylic acids is 2. The standard InChI is InChI=1S/C16H15NO3/c1-11(16(17)19)20-14-9-7-13(8-10-14)15(18)12-5-3-2-4-6-12/h2-11H,1H3,(H2,17,19). The third-order valence-corrected chi connectivity index (χ3v) is 2.87. The van der Waals surface area contributed by atoms with Crippen molar-refractivity contribution >= 4 is 11.7 Å². The lowest BCUT2D eigenvalue weighted by atomic mass is 10.0. The second-order valence-corrected chi connectivity index (χ2v) is 4.38. The first-order valence-corrected chi connectivity index (χ1v) is 6.23. The van der Waals surface area contributed by atoms with Gasteiger partial charge in [0.1, 0.15) is 5.75 Å². The van der Waals surface area contributed by atoms with Gasteiger partial charge in [-0.1, -0.05) is 30.3 Å². The number of nitrogens with two attached hydrogens (primary N) is 1. The van der Waals surface area contributed by atoms with Crippen LogP contribution in [0.1, 0.15) is 22.8 Å². The highest BCUT2D eigenvalue weighted by Crippen LogP contribution is 2.16. The van der Waals surface area contributed by atoms with Crippen molar-refractivity contribution in [2.24, 2.45) is 5.73 Å². The zero-order valence-electron chi connectivity index (χ0n) is 11.1. The molecule has 2 aromatic rings. The summed E-state index contributed by atoms with van der Waals surface area (Å²) in [4.78, 5) is 23.1. The van der Waals surface area contributed by atoms with E-state index in [4.69, 9.17) is 10.5 Å². The third kappa shape index (κ3) is 3.23. The van der Waals surface area contributed by atoms with Crippen LogP contribution in [0.5, 0.6) is 5.75 Å². The van der Waals surface area contributed by atoms with Crippen LogP contribution in [0, 0.1) is 0 Å². The van der Waals surface area contributed by atoms with Crippen LogP contribution in [0.3, 0.4) is 0 Å². The maximum Gasteiger partial charge on any atom is 0.258 e. The Balaban J connectivity index is 2.12. The first kappa shape index (κ1) is 13.8. The van der Waals surface area contributed by atoms with E-state index >= 15 is 0 Å². The Hall–Kier alpha value is -2.62. The zero-order valence-corrected chi connectivity index (χ0v) is 11.1. The summed E-state index contributed by atoms with van der Waals surface area (Å²) in [5, 5.41) is 0. The van der Waals surface area contributed by atoms with Crippen LogP contribution in [-0.4, -0.2) is 17.8 Å². The highest BCUT2D eigenvalue weighted by atomic mass is 16.5. The number of hydrogen-bond donors (Lipinski definition) is 1. The molecule has 20 heavy (non-hydrogen) atoms. The average molecular weight is 269 g/mol. The number of amides is 1. The number of hydrogen-bond acceptors (Lipinski definition) is 3. The highest BCUT2D eigenvalue weighted by Gasteiger charge is 2.11. The van der Waals surface area contributed by atoms with Crippen molar-refractivity contribution in [1.82, 2.24) is 0 Å². The topological polar surface area (TPSA) is 69.4 Å². The van der Waals surface area contributed by atoms with Crippen molar-refractivity contribution < 1.29 is 14.3 Å². The van der Waals surface area contributed by atoms with Gasteiger partial charge >= 0.3 is 0 Å². The quantitative estimate of drug-likeness (QED) is 0.846. The van der Waals surface area contributed by atoms with Crippen LogP contribution in [0.2, 0.25) is 0 Å². The van der Waals surface area contributed by atoms with Gasteiger partial charge in [0.2, 0.25) is 0 Å². The van der Waals surface area contributed by atoms with Gasteiger partial charge in [0, 0.05) is 11.1 Å². The number of benzene rings is 2. The minimum Gasteiger partial charge on any atom is -0.481 e. The highest BCUT2D eigenvalue weighted by molar-refractivity contribution is 6.08. The molecule has 4 nitrogen and oxygen atoms in total. The number of ketones is 1. The summed E-state index contributed by atoms with van der Waals surface area (Å²) in [7, 11) is 0. The Labute approximate surface area is 117 Å². The molecule has 1 atom stereocenters. The fourth-order valence-corrected chi connectivity index (χ4v) is 1.70. The zero-order chi connectivity index (χ0) is 14.5. The summed E-state index contributed by atoms with van der Waals surface area (Å²) in [6.45, 7) is 1.57. The average Bonchev–Trinajstić information content (AvgIpc) is 2.48. The van der Waals surface area contributed by atoms with E-state index in [9.17, 15) is 9.59 Å². The van der Waals surface area contributed by atoms with Crippen LogP contribution in [0.25, 0.3) is 0 Å². The van der Waals surface area contributed by atoms with Crippen molar-refractivity contribution in [3.05, 3.63) is 65.7 Å². The fourth-order valence-electron chi connectivity index (χ4n) is 1.70. The summed E-state index contributed by atoms with van der Waals surface area (Å²) in [5.41, 5.74) is 6.32. The molecule has 0 fully saturated rings. The van der Waals surface area contributed by atoms with E-state index < -0.39 is 12.0 Å². The molecule has 2 aromatic carbocycles. The van der Waals surface area contributed by atoms with Crippen LogP contribution in [0.4, 0.5) is 0 Å². The molecule has 2 rings (SSSR count). The molecule has 4 heteroatoms. The SMILES string of the molecule is CC(Oc1ccc(C(=O)c2ccccc2)cc1)C(N)=O. The minimum absolute atomic E-state index is 0.0555. The molecule has 0 aliphatic carbocycles. The Kier molecular flexibility index (Phi) is 4.15. The molecule has 0 bridgehead atoms. The normalized spacial score (nSPS) is 11.7. The second kappa shape index (κ2) is 6.02. The molecule has 0 aliphatic heterocycles. The van der Waals surface area contributed by atoms with E-state index in [1.165, 1.54) is 0 Å². The Morgan fingerprint density at radius 2 is 1.50 bits per heavy atom. The van der Waals surface area contributed by atoms with Crippen LogP contribution < -0.4 is 10.5 Å². The molecule has 0 saturated carbocycles. The molecule has 2 N–H and O–H groups in total. The Morgan fingerprint density at radius 1 is 0.950 bits per heavy atom. The molecule has 1 amide bonds. The molecular weight excluding hydrogens is 254 g/mol. The summed E-state index contributed by atoms with van der Waals surface area (Å²) in [6, 6.07) is 15.7. The van der Waals surface area contributed by atoms with Crippen molar-refractivity contribution in [3.8, 4) is 5.75 Å². The van der Waals surface area contributed by atoms with Gasteiger partial charge < -0.3 is 10.5 Å². The first-order chi connectivity index (χ1) is 9.58. The van der Waals surface area contributed by atoms with E-state index in [1.807, 2.05) is 18.2 Å². The van der Waals surface area contributed by atoms with Crippen LogP contribution in [0.15, 0.2) is 54.6 Å². The van der Waals surface area contributed by atoms with E-state index in [0.717, 1.165) is 0 Å². The lowest BCUT2D eigenvalue weighted by molar-refractivity contribution is -0.123. The number of rotatable bonds is 5. The monoisotopic (exact) mass is 269 g/mol. The third-order valence-electron chi connectivity index (χ3n) is 2.87. The predicted molar refractivity (Wildman–Crippen MR) is 75.6 cm³/mol. The van der Waals surface area contributed by atoms with Crippen molar-refractivity contribution in [2.75, 3.05) is 0 Å². The Bertz CT molecular complexity index is 605. The largest absolute Gasteiger partial charge is 0.481 e. The predicted octanol–water partition coefficient (Wildman–Crippen LogP) is 2.17. The summed E-state index contributed by atoms with van der Waals surface area (Å²) >= 11 is 0. The molecule has 0 radical (unpaired) electrons. The van der Waals surface area contributed by atoms with E-state index in [1.54, 1.807) is 43.3 Å². The first-order valence-electron chi connectivity index (χ1n) is 6.23. The lowest BCUT2D eigenvalue weighted by Crippen LogP contribution is -2.30. The van der Waals surface area contributed by atoms with E-state index in [-0.39, 0.29) is 5.78 Å². The molecule has 0 heterocycles. The fraction of sp³-hybridized carbons (Fsp3) is 0.125. The van der Waals surface area contributed by atoms with E-state index in [0.29, 0.717) is 16.9 Å². The van der Waals surface area contributed by atoms with Crippen molar-refractivity contribution in [3.63, 3.8) is 0 Å². The molecule has 1 unspecified atom stereocenters. The van der Waals surface area contributed by atoms with Gasteiger partial charge in [0.05, 0.1) is 0 Å². The molecular formula is C16H15NO3. The van der Waals surface area contributed by atoms with Gasteiger partial charge in [-0.25, -0.2) is 0 Å². The molecule has 0 aliphatic rings. The van der Waals surface area contributed by atoms with Crippen LogP contribution >= 0.6 is 0 Å². The number of primary amides is 1. The number of carbonyl (C=O) groups is 2. The van der Waals surface area contributed by atoms with Gasteiger partial charge in [-0.15, -0.1) is 0 Å². The van der Waals surface area contributed by atoms with Gasteiger partial charge in [-0.2, -0.15) is 0 Å². The molecule has 0 aromatic heterocycles. The summed E-state index contributed by atoms with van der Waals surface area (Å²) in [5.74, 6) is -0.0875. The second-order valence-electron chi connectivity index (χ2n) is 4.38. The van der Waals surface area contributed by atoms with Crippen molar-refractivity contribution in [1.29, 1.82) is 0 Å². The summed E-state index contributed by atoms with van der Waals surface area (Å²) < 4.78 is 5.33. The summed E-state index contributed by atoms with van der Waals surface area (Å²) in [6.07, 6.45) is -0.703. The minimum atomic E-state index is -0.703. The van der Waals surface area contributed by atoms with E-state index in [2.05, 4.69) is 0 Å². The lowest BCUT2D eigenvalue weighted by Gasteiger charge is -2.11. The van der Waals surface area contributed by atoms with Gasteiger partial charge in [-0.05, 0) is 31.2 Å². The maximum atomic E-state index is 12.2. The van der Waals surface area contributed by atoms with Crippen LogP contribution in [-0.2, 0) is 4.79 Å². The van der Waals surface area contributed by atoms with Gasteiger partial charge in [0.15, 0.2) is 11.9 Å².